The number of nitrogens with one attached hydrogen (secondary N) is 1. The molecule has 1 amide bonds. The van der Waals surface area contributed by atoms with E-state index in [1.165, 1.54) is 6.08 Å². The first kappa shape index (κ1) is 16.2. The smallest absolute Gasteiger partial charge is 0.246 e. The van der Waals surface area contributed by atoms with Crippen LogP contribution in [0.5, 0.6) is 5.75 Å². The van der Waals surface area contributed by atoms with Crippen molar-refractivity contribution in [1.82, 2.24) is 19.8 Å². The first-order chi connectivity index (χ1) is 12.6. The lowest BCUT2D eigenvalue weighted by Gasteiger charge is -2.14. The maximum atomic E-state index is 11.8. The highest BCUT2D eigenvalue weighted by atomic mass is 16.5. The molecule has 8 heteroatoms. The fourth-order valence-corrected chi connectivity index (χ4v) is 3.31. The van der Waals surface area contributed by atoms with E-state index in [1.54, 1.807) is 19.1 Å². The highest BCUT2D eigenvalue weighted by Gasteiger charge is 2.26. The number of rotatable bonds is 5. The molecule has 0 saturated heterocycles. The van der Waals surface area contributed by atoms with Crippen molar-refractivity contribution in [3.63, 3.8) is 0 Å². The molecule has 0 atom stereocenters. The zero-order valence-corrected chi connectivity index (χ0v) is 14.7. The van der Waals surface area contributed by atoms with Crippen molar-refractivity contribution in [2.75, 3.05) is 19.5 Å². The van der Waals surface area contributed by atoms with Crippen molar-refractivity contribution in [3.8, 4) is 5.75 Å². The molecular weight excluding hydrogens is 334 g/mol. The number of aromatic nitrogens is 3. The van der Waals surface area contributed by atoms with Gasteiger partial charge in [-0.05, 0) is 23.8 Å². The number of benzene rings is 1. The Hall–Kier alpha value is -3.29. The summed E-state index contributed by atoms with van der Waals surface area (Å²) in [5, 5.41) is 12.3. The molecule has 0 aliphatic carbocycles. The number of hydrogen-bond donors (Lipinski definition) is 1. The molecule has 1 aliphatic rings. The molecule has 1 aromatic carbocycles. The van der Waals surface area contributed by atoms with E-state index >= 15 is 0 Å². The summed E-state index contributed by atoms with van der Waals surface area (Å²) in [5.74, 6) is 1.26. The fourth-order valence-electron chi connectivity index (χ4n) is 3.31. The number of carbonyl (C=O) groups excluding carboxylic acids is 1. The average molecular weight is 353 g/mol. The number of amides is 1. The highest BCUT2D eigenvalue weighted by Crippen LogP contribution is 2.34. The Kier molecular flexibility index (Phi) is 3.87. The third-order valence-electron chi connectivity index (χ3n) is 4.61. The van der Waals surface area contributed by atoms with Gasteiger partial charge in [-0.15, -0.1) is 0 Å². The number of anilines is 1. The van der Waals surface area contributed by atoms with Crippen LogP contribution < -0.4 is 10.1 Å². The van der Waals surface area contributed by atoms with Gasteiger partial charge in [-0.1, -0.05) is 11.7 Å². The average Bonchev–Trinajstić information content (AvgIpc) is 3.35. The number of nitrogens with zero attached hydrogens (tertiary/aromatic N) is 4. The van der Waals surface area contributed by atoms with Gasteiger partial charge in [0.15, 0.2) is 11.4 Å². The Morgan fingerprint density at radius 1 is 1.46 bits per heavy atom. The second-order valence-corrected chi connectivity index (χ2v) is 6.12. The Balaban J connectivity index is 1.66. The highest BCUT2D eigenvalue weighted by molar-refractivity contribution is 5.94. The van der Waals surface area contributed by atoms with E-state index in [9.17, 15) is 4.79 Å². The minimum atomic E-state index is -0.0721. The van der Waals surface area contributed by atoms with E-state index in [2.05, 4.69) is 22.2 Å². The van der Waals surface area contributed by atoms with Gasteiger partial charge < -0.3 is 19.5 Å². The Morgan fingerprint density at radius 2 is 2.31 bits per heavy atom. The lowest BCUT2D eigenvalue weighted by atomic mass is 10.1. The molecule has 26 heavy (non-hydrogen) atoms. The molecule has 2 aromatic heterocycles. The van der Waals surface area contributed by atoms with Crippen molar-refractivity contribution < 1.29 is 14.1 Å². The second kappa shape index (κ2) is 6.21. The molecule has 1 aliphatic heterocycles. The summed E-state index contributed by atoms with van der Waals surface area (Å²) in [5.41, 5.74) is 3.72. The summed E-state index contributed by atoms with van der Waals surface area (Å²) in [6.45, 7) is 5.20. The van der Waals surface area contributed by atoms with Gasteiger partial charge in [0, 0.05) is 19.2 Å². The number of methoxy groups -OCH3 is 1. The van der Waals surface area contributed by atoms with Crippen LogP contribution in [0.15, 0.2) is 35.5 Å². The predicted molar refractivity (Wildman–Crippen MR) is 95.9 cm³/mol. The maximum Gasteiger partial charge on any atom is 0.246 e. The molecule has 0 spiro atoms. The molecule has 0 saturated carbocycles. The number of ether oxygens (including phenoxy) is 1. The molecule has 0 fully saturated rings. The Morgan fingerprint density at radius 3 is 3.04 bits per heavy atom. The minimum Gasteiger partial charge on any atom is -0.496 e. The lowest BCUT2D eigenvalue weighted by Crippen LogP contribution is -2.24. The van der Waals surface area contributed by atoms with E-state index < -0.39 is 0 Å². The molecule has 3 aromatic rings. The molecule has 4 rings (SSSR count). The van der Waals surface area contributed by atoms with Gasteiger partial charge in [0.2, 0.25) is 5.91 Å². The van der Waals surface area contributed by atoms with Crippen molar-refractivity contribution in [1.29, 1.82) is 0 Å². The van der Waals surface area contributed by atoms with Crippen LogP contribution in [-0.4, -0.2) is 39.9 Å². The van der Waals surface area contributed by atoms with Crippen LogP contribution in [-0.2, 0) is 24.4 Å². The third-order valence-corrected chi connectivity index (χ3v) is 4.61. The number of hydrogen-bond acceptors (Lipinski definition) is 6. The zero-order valence-electron chi connectivity index (χ0n) is 14.7. The SMILES string of the molecule is C=CC(=O)N1Cc2cnn(Cc3cc(OC)c4c(NC)noc4c3)c2C1. The monoisotopic (exact) mass is 353 g/mol. The summed E-state index contributed by atoms with van der Waals surface area (Å²) in [7, 11) is 3.41. The lowest BCUT2D eigenvalue weighted by molar-refractivity contribution is -0.126. The van der Waals surface area contributed by atoms with Crippen LogP contribution in [0.3, 0.4) is 0 Å². The number of fused-ring (bicyclic) bond motifs is 2. The quantitative estimate of drug-likeness (QED) is 0.708. The minimum absolute atomic E-state index is 0.0721. The van der Waals surface area contributed by atoms with E-state index in [0.29, 0.717) is 36.8 Å². The van der Waals surface area contributed by atoms with Crippen LogP contribution in [0.2, 0.25) is 0 Å². The summed E-state index contributed by atoms with van der Waals surface area (Å²) in [6, 6.07) is 3.89. The summed E-state index contributed by atoms with van der Waals surface area (Å²) in [6.07, 6.45) is 3.15. The van der Waals surface area contributed by atoms with Crippen molar-refractivity contribution in [3.05, 3.63) is 47.8 Å². The molecule has 3 heterocycles. The summed E-state index contributed by atoms with van der Waals surface area (Å²) in [4.78, 5) is 13.6. The van der Waals surface area contributed by atoms with E-state index in [1.807, 2.05) is 23.0 Å². The Labute approximate surface area is 150 Å². The zero-order chi connectivity index (χ0) is 18.3. The van der Waals surface area contributed by atoms with E-state index in [4.69, 9.17) is 9.26 Å². The van der Waals surface area contributed by atoms with Gasteiger partial charge in [0.1, 0.15) is 11.1 Å². The van der Waals surface area contributed by atoms with Crippen LogP contribution in [0.4, 0.5) is 5.82 Å². The fraction of sp³-hybridized carbons (Fsp3) is 0.278. The molecular formula is C18H19N5O3. The molecule has 0 unspecified atom stereocenters. The van der Waals surface area contributed by atoms with Crippen molar-refractivity contribution in [2.45, 2.75) is 19.6 Å². The maximum absolute atomic E-state index is 11.8. The van der Waals surface area contributed by atoms with Crippen LogP contribution in [0.1, 0.15) is 16.8 Å². The van der Waals surface area contributed by atoms with Gasteiger partial charge in [0.05, 0.1) is 32.1 Å². The van der Waals surface area contributed by atoms with Gasteiger partial charge in [-0.25, -0.2) is 0 Å². The number of carbonyl (C=O) groups is 1. The van der Waals surface area contributed by atoms with E-state index in [0.717, 1.165) is 22.2 Å². The van der Waals surface area contributed by atoms with Crippen LogP contribution in [0, 0.1) is 0 Å². The molecule has 0 radical (unpaired) electrons. The van der Waals surface area contributed by atoms with Gasteiger partial charge >= 0.3 is 0 Å². The van der Waals surface area contributed by atoms with Crippen LogP contribution >= 0.6 is 0 Å². The van der Waals surface area contributed by atoms with Gasteiger partial charge in [-0.2, -0.15) is 5.10 Å². The topological polar surface area (TPSA) is 85.4 Å². The molecule has 1 N–H and O–H groups in total. The molecule has 134 valence electrons. The van der Waals surface area contributed by atoms with E-state index in [-0.39, 0.29) is 5.91 Å². The van der Waals surface area contributed by atoms with Gasteiger partial charge in [0.25, 0.3) is 0 Å². The predicted octanol–water partition coefficient (Wildman–Crippen LogP) is 2.15. The molecule has 8 nitrogen and oxygen atoms in total. The normalized spacial score (nSPS) is 13.1. The van der Waals surface area contributed by atoms with Gasteiger partial charge in [-0.3, -0.25) is 9.48 Å². The second-order valence-electron chi connectivity index (χ2n) is 6.12. The Bertz CT molecular complexity index is 1000. The first-order valence-corrected chi connectivity index (χ1v) is 8.23. The van der Waals surface area contributed by atoms with Crippen molar-refractivity contribution in [2.24, 2.45) is 0 Å². The first-order valence-electron chi connectivity index (χ1n) is 8.23. The van der Waals surface area contributed by atoms with Crippen molar-refractivity contribution >= 4 is 22.7 Å². The summed E-state index contributed by atoms with van der Waals surface area (Å²) < 4.78 is 12.8. The standard InChI is InChI=1S/C18H19N5O3/c1-4-16(24)22-9-12-7-20-23(13(12)10-22)8-11-5-14(25-3)17-15(6-11)26-21-18(17)19-2/h4-7H,1,8-10H2,2-3H3,(H,19,21). The van der Waals surface area contributed by atoms with Crippen LogP contribution in [0.25, 0.3) is 11.0 Å². The third kappa shape index (κ3) is 2.50. The summed E-state index contributed by atoms with van der Waals surface area (Å²) >= 11 is 0. The molecule has 0 bridgehead atoms. The largest absolute Gasteiger partial charge is 0.496 e.